The number of hydrogen-bond acceptors (Lipinski definition) is 3. The van der Waals surface area contributed by atoms with E-state index in [1.54, 1.807) is 30.5 Å². The number of nitrogens with zero attached hydrogens (tertiary/aromatic N) is 1. The molecule has 7 heteroatoms. The fraction of sp³-hybridized carbons (Fsp3) is 0.143. The number of amides is 1. The van der Waals surface area contributed by atoms with Crippen molar-refractivity contribution in [3.05, 3.63) is 55.8 Å². The van der Waals surface area contributed by atoms with Gasteiger partial charge in [0.25, 0.3) is 5.56 Å². The van der Waals surface area contributed by atoms with E-state index in [9.17, 15) is 9.59 Å². The summed E-state index contributed by atoms with van der Waals surface area (Å²) in [5.74, 6) is 0.250. The quantitative estimate of drug-likeness (QED) is 0.834. The van der Waals surface area contributed by atoms with E-state index in [0.717, 1.165) is 0 Å². The molecule has 0 aliphatic rings. The summed E-state index contributed by atoms with van der Waals surface area (Å²) in [7, 11) is 1.53. The number of ether oxygens (including phenoxy) is 1. The van der Waals surface area contributed by atoms with Crippen LogP contribution in [0.5, 0.6) is 5.75 Å². The Morgan fingerprint density at radius 2 is 2.05 bits per heavy atom. The lowest BCUT2D eigenvalue weighted by Crippen LogP contribution is -2.27. The number of rotatable bonds is 4. The molecular formula is C14H12Br2N2O3. The molecule has 0 aliphatic carbocycles. The summed E-state index contributed by atoms with van der Waals surface area (Å²) in [4.78, 5) is 24.0. The van der Waals surface area contributed by atoms with Crippen LogP contribution in [0.25, 0.3) is 0 Å². The van der Waals surface area contributed by atoms with Crippen molar-refractivity contribution < 1.29 is 9.53 Å². The average molecular weight is 416 g/mol. The van der Waals surface area contributed by atoms with E-state index >= 15 is 0 Å². The molecule has 2 aromatic rings. The highest BCUT2D eigenvalue weighted by atomic mass is 79.9. The second-order valence-corrected chi connectivity index (χ2v) is 5.96. The van der Waals surface area contributed by atoms with E-state index in [1.165, 1.54) is 11.7 Å². The van der Waals surface area contributed by atoms with E-state index < -0.39 is 0 Å². The standard InChI is InChI=1S/C14H12Br2N2O3/c1-21-12-5-3-2-4-11(12)17-13(19)8-18-7-9(15)6-10(16)14(18)20/h2-7H,8H2,1H3,(H,17,19). The molecule has 0 bridgehead atoms. The van der Waals surface area contributed by atoms with Gasteiger partial charge in [0.2, 0.25) is 5.91 Å². The normalized spacial score (nSPS) is 10.2. The van der Waals surface area contributed by atoms with Crippen LogP contribution in [0.3, 0.4) is 0 Å². The van der Waals surface area contributed by atoms with Gasteiger partial charge in [0.1, 0.15) is 12.3 Å². The highest BCUT2D eigenvalue weighted by molar-refractivity contribution is 9.11. The fourth-order valence-electron chi connectivity index (χ4n) is 1.77. The van der Waals surface area contributed by atoms with Crippen LogP contribution >= 0.6 is 31.9 Å². The van der Waals surface area contributed by atoms with Gasteiger partial charge in [0.05, 0.1) is 17.3 Å². The minimum Gasteiger partial charge on any atom is -0.495 e. The Morgan fingerprint density at radius 1 is 1.33 bits per heavy atom. The zero-order chi connectivity index (χ0) is 15.4. The number of aromatic nitrogens is 1. The molecule has 1 aromatic carbocycles. The van der Waals surface area contributed by atoms with Gasteiger partial charge in [-0.25, -0.2) is 0 Å². The Bertz CT molecular complexity index is 728. The number of carbonyl (C=O) groups excluding carboxylic acids is 1. The van der Waals surface area contributed by atoms with E-state index in [4.69, 9.17) is 4.74 Å². The molecule has 21 heavy (non-hydrogen) atoms. The summed E-state index contributed by atoms with van der Waals surface area (Å²) < 4.78 is 7.58. The maximum atomic E-state index is 12.1. The third-order valence-electron chi connectivity index (χ3n) is 2.70. The number of nitrogens with one attached hydrogen (secondary N) is 1. The number of hydrogen-bond donors (Lipinski definition) is 1. The fourth-order valence-corrected chi connectivity index (χ4v) is 3.03. The van der Waals surface area contributed by atoms with E-state index in [1.807, 2.05) is 6.07 Å². The van der Waals surface area contributed by atoms with Crippen molar-refractivity contribution in [1.82, 2.24) is 4.57 Å². The van der Waals surface area contributed by atoms with Crippen LogP contribution in [-0.4, -0.2) is 17.6 Å². The van der Waals surface area contributed by atoms with Crippen LogP contribution in [0.4, 0.5) is 5.69 Å². The highest BCUT2D eigenvalue weighted by Crippen LogP contribution is 2.23. The number of benzene rings is 1. The van der Waals surface area contributed by atoms with Crippen molar-refractivity contribution in [3.63, 3.8) is 0 Å². The van der Waals surface area contributed by atoms with Gasteiger partial charge in [-0.05, 0) is 50.1 Å². The van der Waals surface area contributed by atoms with Crippen LogP contribution in [-0.2, 0) is 11.3 Å². The minimum absolute atomic E-state index is 0.0884. The molecule has 1 heterocycles. The number of para-hydroxylation sites is 2. The molecule has 2 rings (SSSR count). The summed E-state index contributed by atoms with van der Waals surface area (Å²) in [5, 5.41) is 2.72. The van der Waals surface area contributed by atoms with Crippen LogP contribution in [0.2, 0.25) is 0 Å². The van der Waals surface area contributed by atoms with E-state index in [-0.39, 0.29) is 18.0 Å². The van der Waals surface area contributed by atoms with Crippen molar-refractivity contribution in [1.29, 1.82) is 0 Å². The van der Waals surface area contributed by atoms with Gasteiger partial charge in [-0.15, -0.1) is 0 Å². The van der Waals surface area contributed by atoms with Gasteiger partial charge in [-0.1, -0.05) is 12.1 Å². The maximum Gasteiger partial charge on any atom is 0.265 e. The Labute approximate surface area is 138 Å². The molecule has 110 valence electrons. The van der Waals surface area contributed by atoms with E-state index in [2.05, 4.69) is 37.2 Å². The molecule has 0 atom stereocenters. The molecule has 1 amide bonds. The van der Waals surface area contributed by atoms with Gasteiger partial charge >= 0.3 is 0 Å². The number of anilines is 1. The maximum absolute atomic E-state index is 12.1. The molecule has 1 N–H and O–H groups in total. The lowest BCUT2D eigenvalue weighted by molar-refractivity contribution is -0.116. The Kier molecular flexibility index (Phi) is 5.19. The van der Waals surface area contributed by atoms with Crippen molar-refractivity contribution in [2.45, 2.75) is 6.54 Å². The molecular weight excluding hydrogens is 404 g/mol. The molecule has 0 saturated carbocycles. The zero-order valence-electron chi connectivity index (χ0n) is 11.1. The Morgan fingerprint density at radius 3 is 2.76 bits per heavy atom. The first-order chi connectivity index (χ1) is 10.0. The van der Waals surface area contributed by atoms with Crippen molar-refractivity contribution >= 4 is 43.5 Å². The van der Waals surface area contributed by atoms with Crippen molar-refractivity contribution in [2.75, 3.05) is 12.4 Å². The highest BCUT2D eigenvalue weighted by Gasteiger charge is 2.10. The van der Waals surface area contributed by atoms with Gasteiger partial charge in [0, 0.05) is 10.7 Å². The van der Waals surface area contributed by atoms with Gasteiger partial charge in [-0.3, -0.25) is 9.59 Å². The topological polar surface area (TPSA) is 60.3 Å². The lowest BCUT2D eigenvalue weighted by Gasteiger charge is -2.11. The summed E-state index contributed by atoms with van der Waals surface area (Å²) in [6, 6.07) is 8.72. The Hall–Kier alpha value is -1.60. The van der Waals surface area contributed by atoms with Crippen LogP contribution < -0.4 is 15.6 Å². The second-order valence-electron chi connectivity index (χ2n) is 4.19. The molecule has 5 nitrogen and oxygen atoms in total. The zero-order valence-corrected chi connectivity index (χ0v) is 14.3. The molecule has 0 aliphatic heterocycles. The SMILES string of the molecule is COc1ccccc1NC(=O)Cn1cc(Br)cc(Br)c1=O. The molecule has 0 radical (unpaired) electrons. The van der Waals surface area contributed by atoms with Crippen LogP contribution in [0, 0.1) is 0 Å². The van der Waals surface area contributed by atoms with Gasteiger partial charge < -0.3 is 14.6 Å². The Balaban J connectivity index is 2.18. The largest absolute Gasteiger partial charge is 0.495 e. The molecule has 0 spiro atoms. The predicted molar refractivity (Wildman–Crippen MR) is 87.7 cm³/mol. The van der Waals surface area contributed by atoms with Gasteiger partial charge in [0.15, 0.2) is 0 Å². The number of carbonyl (C=O) groups is 1. The monoisotopic (exact) mass is 414 g/mol. The minimum atomic E-state index is -0.313. The van der Waals surface area contributed by atoms with Crippen molar-refractivity contribution in [2.24, 2.45) is 0 Å². The van der Waals surface area contributed by atoms with Crippen molar-refractivity contribution in [3.8, 4) is 5.75 Å². The number of halogens is 2. The van der Waals surface area contributed by atoms with Crippen LogP contribution in [0.1, 0.15) is 0 Å². The lowest BCUT2D eigenvalue weighted by atomic mass is 10.3. The van der Waals surface area contributed by atoms with Crippen LogP contribution in [0.15, 0.2) is 50.3 Å². The molecule has 1 aromatic heterocycles. The van der Waals surface area contributed by atoms with Gasteiger partial charge in [-0.2, -0.15) is 0 Å². The number of pyridine rings is 1. The summed E-state index contributed by atoms with van der Waals surface area (Å²) in [6.07, 6.45) is 1.56. The third kappa shape index (κ3) is 3.95. The third-order valence-corrected chi connectivity index (χ3v) is 3.71. The first-order valence-corrected chi connectivity index (χ1v) is 7.58. The smallest absolute Gasteiger partial charge is 0.265 e. The second kappa shape index (κ2) is 6.91. The molecule has 0 fully saturated rings. The summed E-state index contributed by atoms with van der Waals surface area (Å²) >= 11 is 6.45. The first-order valence-electron chi connectivity index (χ1n) is 5.99. The molecule has 0 saturated heterocycles. The predicted octanol–water partition coefficient (Wildman–Crippen LogP) is 3.02. The summed E-state index contributed by atoms with van der Waals surface area (Å²) in [6.45, 7) is -0.0884. The first kappa shape index (κ1) is 15.8. The summed E-state index contributed by atoms with van der Waals surface area (Å²) in [5.41, 5.74) is 0.292. The number of methoxy groups -OCH3 is 1. The molecule has 0 unspecified atom stereocenters. The average Bonchev–Trinajstić information content (AvgIpc) is 2.44. The van der Waals surface area contributed by atoms with E-state index in [0.29, 0.717) is 20.4 Å².